The Bertz CT molecular complexity index is 115. The van der Waals surface area contributed by atoms with E-state index in [1.165, 1.54) is 37.3 Å². The molecule has 3 heteroatoms. The van der Waals surface area contributed by atoms with Crippen molar-refractivity contribution >= 4 is 11.8 Å². The summed E-state index contributed by atoms with van der Waals surface area (Å²) < 4.78 is 5.75. The van der Waals surface area contributed by atoms with Gasteiger partial charge in [0.1, 0.15) is 0 Å². The van der Waals surface area contributed by atoms with Crippen molar-refractivity contribution in [2.75, 3.05) is 31.2 Å². The molecule has 0 spiro atoms. The van der Waals surface area contributed by atoms with Crippen LogP contribution in [0.15, 0.2) is 0 Å². The van der Waals surface area contributed by atoms with Crippen LogP contribution in [0.2, 0.25) is 0 Å². The van der Waals surface area contributed by atoms with Crippen LogP contribution in [0.4, 0.5) is 0 Å². The minimum Gasteiger partial charge on any atom is -0.377 e. The first-order chi connectivity index (χ1) is 6.43. The molecule has 0 unspecified atom stereocenters. The van der Waals surface area contributed by atoms with Crippen LogP contribution in [0.25, 0.3) is 0 Å². The Kier molecular flexibility index (Phi) is 6.68. The van der Waals surface area contributed by atoms with Gasteiger partial charge in [-0.05, 0) is 37.3 Å². The van der Waals surface area contributed by atoms with E-state index in [0.717, 1.165) is 13.2 Å². The molecule has 1 aliphatic rings. The van der Waals surface area contributed by atoms with Crippen molar-refractivity contribution in [1.29, 1.82) is 0 Å². The fourth-order valence-electron chi connectivity index (χ4n) is 1.52. The number of piperidine rings is 1. The molecular weight excluding hydrogens is 182 g/mol. The van der Waals surface area contributed by atoms with E-state index in [-0.39, 0.29) is 0 Å². The number of ether oxygens (including phenoxy) is 1. The molecule has 1 saturated heterocycles. The lowest BCUT2D eigenvalue weighted by Gasteiger charge is -2.22. The number of hydrogen-bond donors (Lipinski definition) is 1. The second-order valence-corrected chi connectivity index (χ2v) is 4.78. The molecule has 78 valence electrons. The first kappa shape index (κ1) is 11.3. The van der Waals surface area contributed by atoms with Crippen molar-refractivity contribution in [3.63, 3.8) is 0 Å². The Hall–Kier alpha value is 0.270. The van der Waals surface area contributed by atoms with Gasteiger partial charge >= 0.3 is 0 Å². The Balaban J connectivity index is 1.86. The van der Waals surface area contributed by atoms with Crippen molar-refractivity contribution in [1.82, 2.24) is 5.32 Å². The quantitative estimate of drug-likeness (QED) is 0.666. The average Bonchev–Trinajstić information content (AvgIpc) is 2.19. The van der Waals surface area contributed by atoms with Crippen LogP contribution in [-0.4, -0.2) is 37.3 Å². The highest BCUT2D eigenvalue weighted by molar-refractivity contribution is 7.99. The van der Waals surface area contributed by atoms with Crippen molar-refractivity contribution in [2.45, 2.75) is 32.3 Å². The van der Waals surface area contributed by atoms with Crippen molar-refractivity contribution in [3.8, 4) is 0 Å². The molecule has 13 heavy (non-hydrogen) atoms. The summed E-state index contributed by atoms with van der Waals surface area (Å²) in [5.41, 5.74) is 0. The molecule has 0 aliphatic carbocycles. The molecule has 2 nitrogen and oxygen atoms in total. The van der Waals surface area contributed by atoms with Crippen molar-refractivity contribution in [3.05, 3.63) is 0 Å². The zero-order valence-electron chi connectivity index (χ0n) is 8.55. The maximum atomic E-state index is 5.75. The average molecular weight is 203 g/mol. The summed E-state index contributed by atoms with van der Waals surface area (Å²) in [5, 5.41) is 3.36. The van der Waals surface area contributed by atoms with Gasteiger partial charge in [-0.2, -0.15) is 11.8 Å². The molecule has 0 aromatic rings. The number of rotatable bonds is 6. The lowest BCUT2D eigenvalue weighted by Crippen LogP contribution is -2.35. The van der Waals surface area contributed by atoms with Gasteiger partial charge in [0.15, 0.2) is 0 Å². The van der Waals surface area contributed by atoms with E-state index in [4.69, 9.17) is 4.74 Å². The molecule has 0 aromatic carbocycles. The van der Waals surface area contributed by atoms with Gasteiger partial charge in [-0.1, -0.05) is 6.92 Å². The number of hydrogen-bond acceptors (Lipinski definition) is 3. The van der Waals surface area contributed by atoms with Crippen LogP contribution < -0.4 is 5.32 Å². The summed E-state index contributed by atoms with van der Waals surface area (Å²) in [4.78, 5) is 0. The zero-order valence-corrected chi connectivity index (χ0v) is 9.37. The molecule has 0 aromatic heterocycles. The molecule has 0 amide bonds. The van der Waals surface area contributed by atoms with Gasteiger partial charge < -0.3 is 10.1 Å². The predicted octanol–water partition coefficient (Wildman–Crippen LogP) is 1.90. The van der Waals surface area contributed by atoms with E-state index in [1.807, 2.05) is 11.8 Å². The smallest absolute Gasteiger partial charge is 0.0699 e. The second-order valence-electron chi connectivity index (χ2n) is 3.39. The first-order valence-corrected chi connectivity index (χ1v) is 6.49. The molecular formula is C10H21NOS. The minimum absolute atomic E-state index is 0.486. The maximum absolute atomic E-state index is 5.75. The lowest BCUT2D eigenvalue weighted by molar-refractivity contribution is 0.0379. The van der Waals surface area contributed by atoms with Gasteiger partial charge in [0.05, 0.1) is 6.10 Å². The van der Waals surface area contributed by atoms with Crippen LogP contribution in [0.1, 0.15) is 26.2 Å². The molecule has 0 saturated carbocycles. The van der Waals surface area contributed by atoms with Crippen LogP contribution in [0, 0.1) is 0 Å². The monoisotopic (exact) mass is 203 g/mol. The van der Waals surface area contributed by atoms with Gasteiger partial charge in [-0.3, -0.25) is 0 Å². The molecule has 1 heterocycles. The van der Waals surface area contributed by atoms with E-state index < -0.39 is 0 Å². The normalized spacial score (nSPS) is 23.3. The molecule has 0 radical (unpaired) electrons. The fraction of sp³-hybridized carbons (Fsp3) is 1.00. The first-order valence-electron chi connectivity index (χ1n) is 5.33. The van der Waals surface area contributed by atoms with E-state index >= 15 is 0 Å². The van der Waals surface area contributed by atoms with Crippen LogP contribution >= 0.6 is 11.8 Å². The fourth-order valence-corrected chi connectivity index (χ4v) is 2.13. The highest BCUT2D eigenvalue weighted by Crippen LogP contribution is 2.07. The third kappa shape index (κ3) is 5.55. The predicted molar refractivity (Wildman–Crippen MR) is 59.5 cm³/mol. The summed E-state index contributed by atoms with van der Waals surface area (Å²) in [5.74, 6) is 2.47. The largest absolute Gasteiger partial charge is 0.377 e. The second kappa shape index (κ2) is 7.65. The van der Waals surface area contributed by atoms with Crippen LogP contribution in [0.3, 0.4) is 0 Å². The molecule has 1 N–H and O–H groups in total. The van der Waals surface area contributed by atoms with Crippen LogP contribution in [-0.2, 0) is 4.74 Å². The standard InChI is InChI=1S/C10H21NOS/c1-2-13-8-4-7-12-10-5-3-6-11-9-10/h10-11H,2-9H2,1H3/t10-/m0/s1. The Morgan fingerprint density at radius 3 is 3.15 bits per heavy atom. The van der Waals surface area contributed by atoms with Crippen LogP contribution in [0.5, 0.6) is 0 Å². The van der Waals surface area contributed by atoms with Gasteiger partial charge in [-0.15, -0.1) is 0 Å². The van der Waals surface area contributed by atoms with Crippen molar-refractivity contribution < 1.29 is 4.74 Å². The van der Waals surface area contributed by atoms with Gasteiger partial charge in [0.2, 0.25) is 0 Å². The molecule has 1 fully saturated rings. The number of nitrogens with one attached hydrogen (secondary N) is 1. The van der Waals surface area contributed by atoms with Gasteiger partial charge in [0.25, 0.3) is 0 Å². The Labute approximate surface area is 85.8 Å². The molecule has 0 bridgehead atoms. The van der Waals surface area contributed by atoms with Gasteiger partial charge in [-0.25, -0.2) is 0 Å². The number of thioether (sulfide) groups is 1. The van der Waals surface area contributed by atoms with E-state index in [9.17, 15) is 0 Å². The summed E-state index contributed by atoms with van der Waals surface area (Å²) in [7, 11) is 0. The summed E-state index contributed by atoms with van der Waals surface area (Å²) in [6, 6.07) is 0. The lowest BCUT2D eigenvalue weighted by atomic mass is 10.1. The summed E-state index contributed by atoms with van der Waals surface area (Å²) >= 11 is 2.00. The molecule has 1 aliphatic heterocycles. The van der Waals surface area contributed by atoms with E-state index in [0.29, 0.717) is 6.10 Å². The summed E-state index contributed by atoms with van der Waals surface area (Å²) in [6.07, 6.45) is 4.21. The Morgan fingerprint density at radius 1 is 1.54 bits per heavy atom. The minimum atomic E-state index is 0.486. The molecule has 1 rings (SSSR count). The zero-order chi connectivity index (χ0) is 9.36. The maximum Gasteiger partial charge on any atom is 0.0699 e. The summed E-state index contributed by atoms with van der Waals surface area (Å²) in [6.45, 7) is 5.38. The van der Waals surface area contributed by atoms with Crippen molar-refractivity contribution in [2.24, 2.45) is 0 Å². The highest BCUT2D eigenvalue weighted by atomic mass is 32.2. The highest BCUT2D eigenvalue weighted by Gasteiger charge is 2.12. The topological polar surface area (TPSA) is 21.3 Å². The Morgan fingerprint density at radius 2 is 2.46 bits per heavy atom. The molecule has 1 atom stereocenters. The third-order valence-electron chi connectivity index (χ3n) is 2.24. The SMILES string of the molecule is CCSCCCO[C@H]1CCCNC1. The van der Waals surface area contributed by atoms with E-state index in [2.05, 4.69) is 12.2 Å². The van der Waals surface area contributed by atoms with E-state index in [1.54, 1.807) is 0 Å². The third-order valence-corrected chi connectivity index (χ3v) is 3.23. The van der Waals surface area contributed by atoms with Gasteiger partial charge in [0, 0.05) is 13.2 Å².